The van der Waals surface area contributed by atoms with Crippen LogP contribution in [0.15, 0.2) is 42.5 Å². The second-order valence-electron chi connectivity index (χ2n) is 6.09. The highest BCUT2D eigenvalue weighted by Crippen LogP contribution is 2.24. The molecule has 1 aliphatic rings. The summed E-state index contributed by atoms with van der Waals surface area (Å²) in [5, 5.41) is 5.76. The number of carbonyl (C=O) groups is 2. The molecule has 130 valence electrons. The molecule has 0 saturated carbocycles. The minimum Gasteiger partial charge on any atom is -0.372 e. The number of rotatable bonds is 5. The van der Waals surface area contributed by atoms with Gasteiger partial charge in [0.25, 0.3) is 5.91 Å². The summed E-state index contributed by atoms with van der Waals surface area (Å²) in [5.74, 6) is -0.117. The SMILES string of the molecule is CCN(CC)c1ccc(NC(=O)c2ccc3c(c2)CCC(=O)N3)cc1. The molecular weight excluding hydrogens is 314 g/mol. The Kier molecular flexibility index (Phi) is 5.03. The smallest absolute Gasteiger partial charge is 0.255 e. The van der Waals surface area contributed by atoms with Crippen LogP contribution in [-0.2, 0) is 11.2 Å². The lowest BCUT2D eigenvalue weighted by Crippen LogP contribution is -2.21. The minimum absolute atomic E-state index is 0.0259. The van der Waals surface area contributed by atoms with Crippen molar-refractivity contribution in [2.45, 2.75) is 26.7 Å². The molecule has 0 aromatic heterocycles. The van der Waals surface area contributed by atoms with Crippen LogP contribution in [-0.4, -0.2) is 24.9 Å². The number of anilines is 3. The van der Waals surface area contributed by atoms with Gasteiger partial charge in [-0.05, 0) is 68.3 Å². The molecule has 2 amide bonds. The van der Waals surface area contributed by atoms with Gasteiger partial charge in [-0.3, -0.25) is 9.59 Å². The number of hydrogen-bond donors (Lipinski definition) is 2. The molecule has 0 saturated heterocycles. The fraction of sp³-hybridized carbons (Fsp3) is 0.300. The predicted octanol–water partition coefficient (Wildman–Crippen LogP) is 3.67. The highest BCUT2D eigenvalue weighted by molar-refractivity contribution is 6.05. The fourth-order valence-electron chi connectivity index (χ4n) is 3.07. The predicted molar refractivity (Wildman–Crippen MR) is 101 cm³/mol. The molecule has 2 aromatic carbocycles. The van der Waals surface area contributed by atoms with Crippen LogP contribution in [0.3, 0.4) is 0 Å². The van der Waals surface area contributed by atoms with Crippen LogP contribution in [0.25, 0.3) is 0 Å². The molecule has 5 nitrogen and oxygen atoms in total. The van der Waals surface area contributed by atoms with E-state index >= 15 is 0 Å². The molecule has 1 heterocycles. The van der Waals surface area contributed by atoms with Crippen molar-refractivity contribution in [1.82, 2.24) is 0 Å². The van der Waals surface area contributed by atoms with Crippen LogP contribution >= 0.6 is 0 Å². The molecule has 3 rings (SSSR count). The molecule has 0 atom stereocenters. The summed E-state index contributed by atoms with van der Waals surface area (Å²) >= 11 is 0. The van der Waals surface area contributed by atoms with Gasteiger partial charge in [0.05, 0.1) is 0 Å². The maximum atomic E-state index is 12.5. The first-order chi connectivity index (χ1) is 12.1. The Labute approximate surface area is 148 Å². The molecule has 0 radical (unpaired) electrons. The van der Waals surface area contributed by atoms with E-state index in [1.807, 2.05) is 30.3 Å². The Balaban J connectivity index is 1.71. The van der Waals surface area contributed by atoms with Crippen molar-refractivity contribution in [1.29, 1.82) is 0 Å². The van der Waals surface area contributed by atoms with Gasteiger partial charge in [0.2, 0.25) is 5.91 Å². The zero-order valence-corrected chi connectivity index (χ0v) is 14.6. The maximum absolute atomic E-state index is 12.5. The Bertz CT molecular complexity index is 780. The van der Waals surface area contributed by atoms with Gasteiger partial charge in [-0.25, -0.2) is 0 Å². The van der Waals surface area contributed by atoms with Crippen molar-refractivity contribution in [2.75, 3.05) is 28.6 Å². The van der Waals surface area contributed by atoms with Crippen LogP contribution in [0.4, 0.5) is 17.1 Å². The number of hydrogen-bond acceptors (Lipinski definition) is 3. The van der Waals surface area contributed by atoms with E-state index in [0.717, 1.165) is 35.7 Å². The number of carbonyl (C=O) groups excluding carboxylic acids is 2. The number of nitrogens with one attached hydrogen (secondary N) is 2. The molecule has 0 spiro atoms. The topological polar surface area (TPSA) is 61.4 Å². The third-order valence-corrected chi connectivity index (χ3v) is 4.52. The Morgan fingerprint density at radius 2 is 1.80 bits per heavy atom. The van der Waals surface area contributed by atoms with Crippen LogP contribution in [0, 0.1) is 0 Å². The van der Waals surface area contributed by atoms with Crippen molar-refractivity contribution in [2.24, 2.45) is 0 Å². The summed E-state index contributed by atoms with van der Waals surface area (Å²) in [7, 11) is 0. The lowest BCUT2D eigenvalue weighted by Gasteiger charge is -2.21. The Morgan fingerprint density at radius 1 is 1.08 bits per heavy atom. The first kappa shape index (κ1) is 17.0. The Morgan fingerprint density at radius 3 is 2.48 bits per heavy atom. The van der Waals surface area contributed by atoms with Gasteiger partial charge >= 0.3 is 0 Å². The van der Waals surface area contributed by atoms with Crippen molar-refractivity contribution >= 4 is 28.9 Å². The molecule has 0 unspecified atom stereocenters. The van der Waals surface area contributed by atoms with Crippen LogP contribution < -0.4 is 15.5 Å². The van der Waals surface area contributed by atoms with Gasteiger partial charge in [-0.15, -0.1) is 0 Å². The monoisotopic (exact) mass is 337 g/mol. The molecule has 0 bridgehead atoms. The summed E-state index contributed by atoms with van der Waals surface area (Å²) in [5.41, 5.74) is 4.32. The molecule has 0 aliphatic carbocycles. The standard InChI is InChI=1S/C20H23N3O2/c1-3-23(4-2)17-9-7-16(8-10-17)21-20(25)15-5-11-18-14(13-15)6-12-19(24)22-18/h5,7-11,13H,3-4,6,12H2,1-2H3,(H,21,25)(H,22,24). The second-order valence-corrected chi connectivity index (χ2v) is 6.09. The second kappa shape index (κ2) is 7.38. The van der Waals surface area contributed by atoms with E-state index in [9.17, 15) is 9.59 Å². The van der Waals surface area contributed by atoms with E-state index in [1.165, 1.54) is 0 Å². The molecule has 0 fully saturated rings. The average Bonchev–Trinajstić information content (AvgIpc) is 2.63. The first-order valence-electron chi connectivity index (χ1n) is 8.70. The van der Waals surface area contributed by atoms with E-state index in [2.05, 4.69) is 29.4 Å². The van der Waals surface area contributed by atoms with Crippen molar-refractivity contribution in [3.05, 3.63) is 53.6 Å². The van der Waals surface area contributed by atoms with Crippen molar-refractivity contribution < 1.29 is 9.59 Å². The van der Waals surface area contributed by atoms with E-state index in [0.29, 0.717) is 18.4 Å². The minimum atomic E-state index is -0.143. The summed E-state index contributed by atoms with van der Waals surface area (Å²) in [6.07, 6.45) is 1.13. The maximum Gasteiger partial charge on any atom is 0.255 e. The zero-order valence-electron chi connectivity index (χ0n) is 14.6. The lowest BCUT2D eigenvalue weighted by molar-refractivity contribution is -0.116. The fourth-order valence-corrected chi connectivity index (χ4v) is 3.07. The van der Waals surface area contributed by atoms with Crippen molar-refractivity contribution in [3.63, 3.8) is 0 Å². The summed E-state index contributed by atoms with van der Waals surface area (Å²) < 4.78 is 0. The average molecular weight is 337 g/mol. The number of nitrogens with zero attached hydrogens (tertiary/aromatic N) is 1. The highest BCUT2D eigenvalue weighted by atomic mass is 16.2. The van der Waals surface area contributed by atoms with Gasteiger partial charge in [0.1, 0.15) is 0 Å². The summed E-state index contributed by atoms with van der Waals surface area (Å²) in [6, 6.07) is 13.3. The Hall–Kier alpha value is -2.82. The van der Waals surface area contributed by atoms with E-state index in [4.69, 9.17) is 0 Å². The summed E-state index contributed by atoms with van der Waals surface area (Å²) in [4.78, 5) is 26.2. The third kappa shape index (κ3) is 3.82. The molecule has 25 heavy (non-hydrogen) atoms. The molecule has 2 aromatic rings. The van der Waals surface area contributed by atoms with Gasteiger partial charge in [0, 0.05) is 42.1 Å². The van der Waals surface area contributed by atoms with Crippen LogP contribution in [0.1, 0.15) is 36.2 Å². The molecular formula is C20H23N3O2. The van der Waals surface area contributed by atoms with E-state index < -0.39 is 0 Å². The van der Waals surface area contributed by atoms with Crippen LogP contribution in [0.2, 0.25) is 0 Å². The van der Waals surface area contributed by atoms with Crippen molar-refractivity contribution in [3.8, 4) is 0 Å². The summed E-state index contributed by atoms with van der Waals surface area (Å²) in [6.45, 7) is 6.15. The number of aryl methyl sites for hydroxylation is 1. The van der Waals surface area contributed by atoms with Gasteiger partial charge in [-0.1, -0.05) is 0 Å². The van der Waals surface area contributed by atoms with Gasteiger partial charge < -0.3 is 15.5 Å². The highest BCUT2D eigenvalue weighted by Gasteiger charge is 2.16. The molecule has 5 heteroatoms. The number of amides is 2. The lowest BCUT2D eigenvalue weighted by atomic mass is 10.00. The number of fused-ring (bicyclic) bond motifs is 1. The van der Waals surface area contributed by atoms with E-state index in [-0.39, 0.29) is 11.8 Å². The molecule has 1 aliphatic heterocycles. The van der Waals surface area contributed by atoms with Crippen LogP contribution in [0.5, 0.6) is 0 Å². The number of benzene rings is 2. The normalized spacial score (nSPS) is 13.0. The molecule has 2 N–H and O–H groups in total. The first-order valence-corrected chi connectivity index (χ1v) is 8.70. The third-order valence-electron chi connectivity index (χ3n) is 4.52. The largest absolute Gasteiger partial charge is 0.372 e. The zero-order chi connectivity index (χ0) is 17.8. The quantitative estimate of drug-likeness (QED) is 0.875. The van der Waals surface area contributed by atoms with Gasteiger partial charge in [0.15, 0.2) is 0 Å². The van der Waals surface area contributed by atoms with Gasteiger partial charge in [-0.2, -0.15) is 0 Å². The van der Waals surface area contributed by atoms with E-state index in [1.54, 1.807) is 12.1 Å².